The number of hydrogen-bond acceptors (Lipinski definition) is 6. The molecule has 0 amide bonds. The van der Waals surface area contributed by atoms with Crippen molar-refractivity contribution in [2.45, 2.75) is 5.37 Å². The minimum absolute atomic E-state index is 0.368. The van der Waals surface area contributed by atoms with Crippen molar-refractivity contribution < 1.29 is 23.2 Å². The molecule has 0 aromatic heterocycles. The van der Waals surface area contributed by atoms with E-state index in [1.807, 2.05) is 23.1 Å². The Kier molecular flexibility index (Phi) is 5.04. The normalized spacial score (nSPS) is 18.9. The lowest BCUT2D eigenvalue weighted by Crippen LogP contribution is -2.21. The van der Waals surface area contributed by atoms with Gasteiger partial charge in [0.15, 0.2) is 0 Å². The molecule has 1 aliphatic heterocycles. The van der Waals surface area contributed by atoms with Crippen LogP contribution in [-0.4, -0.2) is 24.9 Å². The van der Waals surface area contributed by atoms with Crippen molar-refractivity contribution in [2.75, 3.05) is 19.1 Å². The monoisotopic (exact) mass is 359 g/mol. The molecule has 130 valence electrons. The van der Waals surface area contributed by atoms with Crippen LogP contribution in [0.5, 0.6) is 17.2 Å². The van der Waals surface area contributed by atoms with Gasteiger partial charge in [0.05, 0.1) is 30.7 Å². The van der Waals surface area contributed by atoms with E-state index >= 15 is 0 Å². The van der Waals surface area contributed by atoms with Gasteiger partial charge in [-0.05, 0) is 29.8 Å². The maximum atomic E-state index is 12.6. The summed E-state index contributed by atoms with van der Waals surface area (Å²) in [5.41, 5.74) is 1.53. The van der Waals surface area contributed by atoms with Crippen LogP contribution in [0.2, 0.25) is 0 Å². The van der Waals surface area contributed by atoms with Crippen molar-refractivity contribution in [3.63, 3.8) is 0 Å². The number of methoxy groups -OCH3 is 2. The van der Waals surface area contributed by atoms with Crippen molar-refractivity contribution in [3.05, 3.63) is 59.6 Å². The van der Waals surface area contributed by atoms with E-state index in [9.17, 15) is 9.00 Å². The topological polar surface area (TPSA) is 65.1 Å². The van der Waals surface area contributed by atoms with Crippen LogP contribution in [0.4, 0.5) is 5.69 Å². The fourth-order valence-electron chi connectivity index (χ4n) is 2.69. The van der Waals surface area contributed by atoms with Crippen molar-refractivity contribution >= 4 is 23.0 Å². The molecule has 2 atom stereocenters. The summed E-state index contributed by atoms with van der Waals surface area (Å²) in [4.78, 5) is 12.4. The molecule has 1 heterocycles. The molecule has 2 unspecified atom stereocenters. The lowest BCUT2D eigenvalue weighted by atomic mass is 10.1. The van der Waals surface area contributed by atoms with E-state index in [1.54, 1.807) is 50.1 Å². The SMILES string of the molecule is COc1ccc(N2C=CS(=O)C2c2cccc(OC=O)c2)c(OC)c1. The van der Waals surface area contributed by atoms with E-state index in [0.717, 1.165) is 11.3 Å². The smallest absolute Gasteiger partial charge is 0.298 e. The summed E-state index contributed by atoms with van der Waals surface area (Å²) in [7, 11) is 1.90. The molecule has 0 bridgehead atoms. The van der Waals surface area contributed by atoms with E-state index in [-0.39, 0.29) is 0 Å². The molecule has 0 saturated heterocycles. The van der Waals surface area contributed by atoms with Gasteiger partial charge in [-0.3, -0.25) is 9.00 Å². The van der Waals surface area contributed by atoms with Gasteiger partial charge in [0, 0.05) is 17.7 Å². The fraction of sp³-hybridized carbons (Fsp3) is 0.167. The Morgan fingerprint density at radius 3 is 2.64 bits per heavy atom. The highest BCUT2D eigenvalue weighted by molar-refractivity contribution is 7.88. The van der Waals surface area contributed by atoms with Crippen LogP contribution in [0.15, 0.2) is 54.1 Å². The molecule has 7 heteroatoms. The highest BCUT2D eigenvalue weighted by Crippen LogP contribution is 2.41. The Balaban J connectivity index is 2.01. The number of anilines is 1. The maximum absolute atomic E-state index is 12.6. The zero-order valence-corrected chi connectivity index (χ0v) is 14.6. The average molecular weight is 359 g/mol. The van der Waals surface area contributed by atoms with Gasteiger partial charge in [0.2, 0.25) is 0 Å². The molecule has 0 aliphatic carbocycles. The molecule has 1 aliphatic rings. The first-order valence-corrected chi connectivity index (χ1v) is 8.74. The van der Waals surface area contributed by atoms with Gasteiger partial charge in [-0.1, -0.05) is 12.1 Å². The van der Waals surface area contributed by atoms with Crippen LogP contribution in [0, 0.1) is 0 Å². The number of ether oxygens (including phenoxy) is 3. The van der Waals surface area contributed by atoms with Crippen LogP contribution in [-0.2, 0) is 15.6 Å². The van der Waals surface area contributed by atoms with Crippen LogP contribution >= 0.6 is 0 Å². The summed E-state index contributed by atoms with van der Waals surface area (Å²) in [6, 6.07) is 12.4. The second-order valence-electron chi connectivity index (χ2n) is 5.20. The zero-order chi connectivity index (χ0) is 17.8. The molecule has 2 aromatic rings. The van der Waals surface area contributed by atoms with Crippen molar-refractivity contribution in [3.8, 4) is 17.2 Å². The summed E-state index contributed by atoms with van der Waals surface area (Å²) < 4.78 is 28.1. The van der Waals surface area contributed by atoms with Crippen molar-refractivity contribution in [1.29, 1.82) is 0 Å². The van der Waals surface area contributed by atoms with Gasteiger partial charge in [0.25, 0.3) is 6.47 Å². The zero-order valence-electron chi connectivity index (χ0n) is 13.7. The highest BCUT2D eigenvalue weighted by atomic mass is 32.2. The summed E-state index contributed by atoms with van der Waals surface area (Å²) in [6.45, 7) is 0.368. The molecule has 2 aromatic carbocycles. The number of hydrogen-bond donors (Lipinski definition) is 0. The number of carbonyl (C=O) groups is 1. The quantitative estimate of drug-likeness (QED) is 0.739. The fourth-order valence-corrected chi connectivity index (χ4v) is 3.91. The first kappa shape index (κ1) is 17.0. The highest BCUT2D eigenvalue weighted by Gasteiger charge is 2.31. The van der Waals surface area contributed by atoms with Gasteiger partial charge in [0.1, 0.15) is 22.6 Å². The molecule has 0 N–H and O–H groups in total. The van der Waals surface area contributed by atoms with E-state index in [2.05, 4.69) is 0 Å². The molecule has 0 spiro atoms. The number of carbonyl (C=O) groups excluding carboxylic acids is 1. The largest absolute Gasteiger partial charge is 0.497 e. The third kappa shape index (κ3) is 3.36. The third-order valence-corrected chi connectivity index (χ3v) is 5.15. The standard InChI is InChI=1S/C18H17NO5S/c1-22-14-6-7-16(17(11-14)23-2)19-8-9-25(21)18(19)13-4-3-5-15(10-13)24-12-20/h3-12,18H,1-2H3. The van der Waals surface area contributed by atoms with E-state index < -0.39 is 16.2 Å². The van der Waals surface area contributed by atoms with Gasteiger partial charge in [-0.25, -0.2) is 0 Å². The van der Waals surface area contributed by atoms with Crippen LogP contribution in [0.25, 0.3) is 0 Å². The van der Waals surface area contributed by atoms with Gasteiger partial charge in [-0.2, -0.15) is 0 Å². The summed E-state index contributed by atoms with van der Waals surface area (Å²) in [6.07, 6.45) is 1.76. The molecule has 0 radical (unpaired) electrons. The molecule has 6 nitrogen and oxygen atoms in total. The Bertz CT molecular complexity index is 836. The summed E-state index contributed by atoms with van der Waals surface area (Å²) in [5, 5.41) is 1.18. The van der Waals surface area contributed by atoms with Crippen LogP contribution in [0.1, 0.15) is 10.9 Å². The van der Waals surface area contributed by atoms with Gasteiger partial charge >= 0.3 is 0 Å². The second kappa shape index (κ2) is 7.40. The Morgan fingerprint density at radius 2 is 1.92 bits per heavy atom. The molecule has 3 rings (SSSR count). The number of benzene rings is 2. The van der Waals surface area contributed by atoms with Crippen LogP contribution < -0.4 is 19.1 Å². The lowest BCUT2D eigenvalue weighted by Gasteiger charge is -2.26. The van der Waals surface area contributed by atoms with Crippen LogP contribution in [0.3, 0.4) is 0 Å². The average Bonchev–Trinajstić information content (AvgIpc) is 3.03. The second-order valence-corrected chi connectivity index (χ2v) is 6.57. The van der Waals surface area contributed by atoms with Crippen molar-refractivity contribution in [1.82, 2.24) is 0 Å². The predicted molar refractivity (Wildman–Crippen MR) is 95.2 cm³/mol. The van der Waals surface area contributed by atoms with E-state index in [0.29, 0.717) is 23.7 Å². The molecule has 25 heavy (non-hydrogen) atoms. The molecular formula is C18H17NO5S. The molecular weight excluding hydrogens is 342 g/mol. The summed E-state index contributed by atoms with van der Waals surface area (Å²) in [5.74, 6) is 1.68. The van der Waals surface area contributed by atoms with E-state index in [1.165, 1.54) is 0 Å². The van der Waals surface area contributed by atoms with Gasteiger partial charge in [-0.15, -0.1) is 0 Å². The Labute approximate surface area is 148 Å². The Hall–Kier alpha value is -2.80. The number of rotatable bonds is 6. The van der Waals surface area contributed by atoms with E-state index in [4.69, 9.17) is 14.2 Å². The first-order chi connectivity index (χ1) is 12.2. The molecule has 0 fully saturated rings. The molecule has 0 saturated carbocycles. The first-order valence-electron chi connectivity index (χ1n) is 7.46. The minimum Gasteiger partial charge on any atom is -0.497 e. The number of nitrogens with zero attached hydrogens (tertiary/aromatic N) is 1. The lowest BCUT2D eigenvalue weighted by molar-refractivity contribution is -0.120. The summed E-state index contributed by atoms with van der Waals surface area (Å²) >= 11 is 0. The van der Waals surface area contributed by atoms with Crippen molar-refractivity contribution in [2.24, 2.45) is 0 Å². The minimum atomic E-state index is -1.26. The predicted octanol–water partition coefficient (Wildman–Crippen LogP) is 2.98. The Morgan fingerprint density at radius 1 is 1.08 bits per heavy atom. The van der Waals surface area contributed by atoms with Gasteiger partial charge < -0.3 is 19.1 Å². The maximum Gasteiger partial charge on any atom is 0.298 e. The third-order valence-electron chi connectivity index (χ3n) is 3.82.